The molecule has 3 N–H and O–H groups in total. The van der Waals surface area contributed by atoms with Gasteiger partial charge in [-0.1, -0.05) is 0 Å². The van der Waals surface area contributed by atoms with E-state index in [9.17, 15) is 0 Å². The van der Waals surface area contributed by atoms with Crippen molar-refractivity contribution in [1.29, 1.82) is 0 Å². The van der Waals surface area contributed by atoms with Crippen molar-refractivity contribution in [3.05, 3.63) is 16.8 Å². The summed E-state index contributed by atoms with van der Waals surface area (Å²) >= 11 is 0. The van der Waals surface area contributed by atoms with Gasteiger partial charge in [0.15, 0.2) is 5.82 Å². The minimum atomic E-state index is 0.709. The van der Waals surface area contributed by atoms with Crippen molar-refractivity contribution in [3.63, 3.8) is 0 Å². The number of fused-ring (bicyclic) bond motifs is 1. The van der Waals surface area contributed by atoms with Crippen LogP contribution in [-0.2, 0) is 12.8 Å². The Labute approximate surface area is 77.5 Å². The molecule has 1 aliphatic carbocycles. The first-order valence-electron chi connectivity index (χ1n) is 4.64. The highest BCUT2D eigenvalue weighted by atomic mass is 15.3. The molecule has 0 aliphatic heterocycles. The SMILES string of the molecule is Cc1c(NN)nnc2c1CCCC2. The van der Waals surface area contributed by atoms with Gasteiger partial charge < -0.3 is 5.43 Å². The highest BCUT2D eigenvalue weighted by Gasteiger charge is 2.15. The first-order valence-corrected chi connectivity index (χ1v) is 4.64. The number of nitrogen functional groups attached to an aromatic ring is 1. The molecular formula is C9H14N4. The number of aryl methyl sites for hydroxylation is 1. The van der Waals surface area contributed by atoms with E-state index in [1.54, 1.807) is 0 Å². The number of hydrogen-bond acceptors (Lipinski definition) is 4. The second-order valence-electron chi connectivity index (χ2n) is 3.45. The number of nitrogens with two attached hydrogens (primary N) is 1. The second-order valence-corrected chi connectivity index (χ2v) is 3.45. The molecule has 13 heavy (non-hydrogen) atoms. The molecule has 0 aromatic carbocycles. The Balaban J connectivity index is 2.48. The maximum absolute atomic E-state index is 5.33. The Morgan fingerprint density at radius 1 is 1.23 bits per heavy atom. The number of nitrogens with zero attached hydrogens (tertiary/aromatic N) is 2. The summed E-state index contributed by atoms with van der Waals surface area (Å²) < 4.78 is 0. The standard InChI is InChI=1S/C9H14N4/c1-6-7-4-2-3-5-8(7)12-13-9(6)11-10/h2-5,10H2,1H3,(H,11,13). The first kappa shape index (κ1) is 8.44. The minimum Gasteiger partial charge on any atom is -0.307 e. The number of aromatic nitrogens is 2. The smallest absolute Gasteiger partial charge is 0.165 e. The average molecular weight is 178 g/mol. The van der Waals surface area contributed by atoms with Gasteiger partial charge in [0.2, 0.25) is 0 Å². The Bertz CT molecular complexity index is 322. The van der Waals surface area contributed by atoms with Crippen LogP contribution in [-0.4, -0.2) is 10.2 Å². The summed E-state index contributed by atoms with van der Waals surface area (Å²) in [6.07, 6.45) is 4.67. The maximum Gasteiger partial charge on any atom is 0.165 e. The lowest BCUT2D eigenvalue weighted by Gasteiger charge is -2.17. The molecule has 0 amide bonds. The summed E-state index contributed by atoms with van der Waals surface area (Å²) in [6, 6.07) is 0. The maximum atomic E-state index is 5.33. The highest BCUT2D eigenvalue weighted by Crippen LogP contribution is 2.24. The van der Waals surface area contributed by atoms with E-state index < -0.39 is 0 Å². The van der Waals surface area contributed by atoms with Crippen LogP contribution < -0.4 is 11.3 Å². The lowest BCUT2D eigenvalue weighted by Crippen LogP contribution is -2.16. The van der Waals surface area contributed by atoms with Crippen molar-refractivity contribution in [3.8, 4) is 0 Å². The Hall–Kier alpha value is -1.16. The summed E-state index contributed by atoms with van der Waals surface area (Å²) in [5, 5.41) is 8.18. The monoisotopic (exact) mass is 178 g/mol. The summed E-state index contributed by atoms with van der Waals surface area (Å²) in [7, 11) is 0. The van der Waals surface area contributed by atoms with Gasteiger partial charge in [-0.3, -0.25) is 0 Å². The Morgan fingerprint density at radius 3 is 2.77 bits per heavy atom. The predicted molar refractivity (Wildman–Crippen MR) is 51.2 cm³/mol. The molecule has 1 aromatic heterocycles. The van der Waals surface area contributed by atoms with Gasteiger partial charge in [0, 0.05) is 0 Å². The van der Waals surface area contributed by atoms with Gasteiger partial charge in [-0.05, 0) is 43.7 Å². The number of hydrogen-bond donors (Lipinski definition) is 2. The Kier molecular flexibility index (Phi) is 2.14. The van der Waals surface area contributed by atoms with Gasteiger partial charge in [-0.15, -0.1) is 5.10 Å². The molecule has 0 bridgehead atoms. The highest BCUT2D eigenvalue weighted by molar-refractivity contribution is 5.47. The number of rotatable bonds is 1. The van der Waals surface area contributed by atoms with Crippen LogP contribution in [0, 0.1) is 6.92 Å². The van der Waals surface area contributed by atoms with E-state index in [0.717, 1.165) is 24.1 Å². The van der Waals surface area contributed by atoms with Crippen LogP contribution in [0.4, 0.5) is 5.82 Å². The van der Waals surface area contributed by atoms with Crippen molar-refractivity contribution in [2.45, 2.75) is 32.6 Å². The number of anilines is 1. The van der Waals surface area contributed by atoms with E-state index in [0.29, 0.717) is 5.82 Å². The van der Waals surface area contributed by atoms with Crippen LogP contribution >= 0.6 is 0 Å². The normalized spacial score (nSPS) is 15.2. The number of hydrazine groups is 1. The first-order chi connectivity index (χ1) is 6.33. The van der Waals surface area contributed by atoms with Crippen molar-refractivity contribution in [2.24, 2.45) is 5.84 Å². The van der Waals surface area contributed by atoms with Crippen molar-refractivity contribution in [2.75, 3.05) is 5.43 Å². The number of nitrogens with one attached hydrogen (secondary N) is 1. The minimum absolute atomic E-state index is 0.709. The average Bonchev–Trinajstić information content (AvgIpc) is 2.19. The molecule has 4 nitrogen and oxygen atoms in total. The molecule has 0 spiro atoms. The molecule has 70 valence electrons. The molecule has 4 heteroatoms. The zero-order valence-corrected chi connectivity index (χ0v) is 7.80. The van der Waals surface area contributed by atoms with E-state index in [2.05, 4.69) is 15.6 Å². The van der Waals surface area contributed by atoms with Crippen LogP contribution in [0.15, 0.2) is 0 Å². The van der Waals surface area contributed by atoms with Gasteiger partial charge in [-0.25, -0.2) is 5.84 Å². The third-order valence-corrected chi connectivity index (χ3v) is 2.65. The lowest BCUT2D eigenvalue weighted by atomic mass is 9.93. The van der Waals surface area contributed by atoms with Crippen molar-refractivity contribution in [1.82, 2.24) is 10.2 Å². The van der Waals surface area contributed by atoms with Crippen LogP contribution in [0.2, 0.25) is 0 Å². The van der Waals surface area contributed by atoms with Crippen LogP contribution in [0.1, 0.15) is 29.7 Å². The van der Waals surface area contributed by atoms with E-state index >= 15 is 0 Å². The summed E-state index contributed by atoms with van der Waals surface area (Å²) in [5.41, 5.74) is 6.23. The largest absolute Gasteiger partial charge is 0.307 e. The van der Waals surface area contributed by atoms with E-state index in [-0.39, 0.29) is 0 Å². The molecule has 0 saturated heterocycles. The molecular weight excluding hydrogens is 164 g/mol. The predicted octanol–water partition coefficient (Wildman–Crippen LogP) is 0.949. The van der Waals surface area contributed by atoms with Gasteiger partial charge in [-0.2, -0.15) is 5.10 Å². The molecule has 0 unspecified atom stereocenters. The fraction of sp³-hybridized carbons (Fsp3) is 0.556. The molecule has 0 radical (unpaired) electrons. The molecule has 0 atom stereocenters. The van der Waals surface area contributed by atoms with E-state index in [4.69, 9.17) is 5.84 Å². The lowest BCUT2D eigenvalue weighted by molar-refractivity contribution is 0.651. The zero-order valence-electron chi connectivity index (χ0n) is 7.80. The van der Waals surface area contributed by atoms with Crippen LogP contribution in [0.5, 0.6) is 0 Å². The molecule has 1 aromatic rings. The molecule has 0 fully saturated rings. The topological polar surface area (TPSA) is 63.8 Å². The summed E-state index contributed by atoms with van der Waals surface area (Å²) in [6.45, 7) is 2.05. The fourth-order valence-corrected chi connectivity index (χ4v) is 1.87. The summed E-state index contributed by atoms with van der Waals surface area (Å²) in [5.74, 6) is 6.04. The van der Waals surface area contributed by atoms with Gasteiger partial charge in [0.25, 0.3) is 0 Å². The van der Waals surface area contributed by atoms with Crippen LogP contribution in [0.25, 0.3) is 0 Å². The third kappa shape index (κ3) is 1.37. The van der Waals surface area contributed by atoms with Gasteiger partial charge >= 0.3 is 0 Å². The third-order valence-electron chi connectivity index (χ3n) is 2.65. The van der Waals surface area contributed by atoms with Crippen molar-refractivity contribution >= 4 is 5.82 Å². The molecule has 1 heterocycles. The summed E-state index contributed by atoms with van der Waals surface area (Å²) in [4.78, 5) is 0. The van der Waals surface area contributed by atoms with Crippen molar-refractivity contribution < 1.29 is 0 Å². The van der Waals surface area contributed by atoms with Crippen LogP contribution in [0.3, 0.4) is 0 Å². The molecule has 1 aliphatic rings. The van der Waals surface area contributed by atoms with E-state index in [1.165, 1.54) is 18.4 Å². The Morgan fingerprint density at radius 2 is 2.00 bits per heavy atom. The zero-order chi connectivity index (χ0) is 9.26. The molecule has 0 saturated carbocycles. The fourth-order valence-electron chi connectivity index (χ4n) is 1.87. The molecule has 2 rings (SSSR count). The van der Waals surface area contributed by atoms with E-state index in [1.807, 2.05) is 6.92 Å². The van der Waals surface area contributed by atoms with Gasteiger partial charge in [0.05, 0.1) is 5.69 Å². The second kappa shape index (κ2) is 3.30. The quantitative estimate of drug-likeness (QED) is 0.496. The van der Waals surface area contributed by atoms with Gasteiger partial charge in [0.1, 0.15) is 0 Å².